The summed E-state index contributed by atoms with van der Waals surface area (Å²) in [5.74, 6) is -0.114. The van der Waals surface area contributed by atoms with Crippen LogP contribution in [0, 0.1) is 5.92 Å². The van der Waals surface area contributed by atoms with E-state index >= 15 is 0 Å². The molecule has 1 unspecified atom stereocenters. The van der Waals surface area contributed by atoms with Gasteiger partial charge in [-0.25, -0.2) is 4.79 Å². The topological polar surface area (TPSA) is 88.1 Å². The highest BCUT2D eigenvalue weighted by molar-refractivity contribution is 5.76. The standard InChI is InChI=1S/C22H26N2O5/c1-28-20-12-17(9-10-19(20)29-15-16-6-3-2-4-7-16)13-23-22(27)24-11-5-8-18(14-24)21(25)26/h2-4,6-7,9-10,12,18H,5,8,11,13-15H2,1H3,(H,23,27)(H,25,26). The van der Waals surface area contributed by atoms with Crippen molar-refractivity contribution in [3.63, 3.8) is 0 Å². The Kier molecular flexibility index (Phi) is 6.94. The van der Waals surface area contributed by atoms with Gasteiger partial charge in [-0.3, -0.25) is 4.79 Å². The molecule has 1 saturated heterocycles. The third kappa shape index (κ3) is 5.63. The Morgan fingerprint density at radius 3 is 2.66 bits per heavy atom. The van der Waals surface area contributed by atoms with Gasteiger partial charge in [0.15, 0.2) is 11.5 Å². The Morgan fingerprint density at radius 2 is 1.93 bits per heavy atom. The number of urea groups is 1. The third-order valence-corrected chi connectivity index (χ3v) is 4.97. The molecule has 2 aromatic carbocycles. The van der Waals surface area contributed by atoms with Gasteiger partial charge in [0, 0.05) is 19.6 Å². The van der Waals surface area contributed by atoms with E-state index in [-0.39, 0.29) is 12.6 Å². The van der Waals surface area contributed by atoms with Crippen LogP contribution in [0.5, 0.6) is 11.5 Å². The molecule has 2 aromatic rings. The lowest BCUT2D eigenvalue weighted by molar-refractivity contribution is -0.143. The van der Waals surface area contributed by atoms with E-state index in [4.69, 9.17) is 14.6 Å². The van der Waals surface area contributed by atoms with Crippen LogP contribution >= 0.6 is 0 Å². The molecular weight excluding hydrogens is 372 g/mol. The average Bonchev–Trinajstić information content (AvgIpc) is 2.77. The van der Waals surface area contributed by atoms with E-state index in [0.717, 1.165) is 11.1 Å². The number of hydrogen-bond acceptors (Lipinski definition) is 4. The molecule has 0 aliphatic carbocycles. The van der Waals surface area contributed by atoms with Crippen molar-refractivity contribution in [1.29, 1.82) is 0 Å². The number of hydrogen-bond donors (Lipinski definition) is 2. The van der Waals surface area contributed by atoms with Gasteiger partial charge in [0.05, 0.1) is 13.0 Å². The molecule has 1 aliphatic heterocycles. The quantitative estimate of drug-likeness (QED) is 0.747. The number of methoxy groups -OCH3 is 1. The summed E-state index contributed by atoms with van der Waals surface area (Å²) in [5, 5.41) is 12.0. The van der Waals surface area contributed by atoms with Gasteiger partial charge in [-0.05, 0) is 36.1 Å². The summed E-state index contributed by atoms with van der Waals surface area (Å²) >= 11 is 0. The highest BCUT2D eigenvalue weighted by atomic mass is 16.5. The molecule has 3 rings (SSSR count). The zero-order chi connectivity index (χ0) is 20.6. The Bertz CT molecular complexity index is 840. The van der Waals surface area contributed by atoms with Crippen LogP contribution in [0.1, 0.15) is 24.0 Å². The second kappa shape index (κ2) is 9.82. The first-order valence-corrected chi connectivity index (χ1v) is 9.66. The van der Waals surface area contributed by atoms with Crippen molar-refractivity contribution in [3.8, 4) is 11.5 Å². The molecule has 1 aliphatic rings. The molecule has 2 N–H and O–H groups in total. The minimum atomic E-state index is -0.849. The molecule has 1 heterocycles. The lowest BCUT2D eigenvalue weighted by atomic mass is 9.99. The summed E-state index contributed by atoms with van der Waals surface area (Å²) in [6, 6.07) is 15.1. The highest BCUT2D eigenvalue weighted by Crippen LogP contribution is 2.29. The smallest absolute Gasteiger partial charge is 0.317 e. The maximum absolute atomic E-state index is 12.4. The van der Waals surface area contributed by atoms with E-state index in [1.54, 1.807) is 12.0 Å². The number of ether oxygens (including phenoxy) is 2. The number of rotatable bonds is 7. The first-order valence-electron chi connectivity index (χ1n) is 9.66. The highest BCUT2D eigenvalue weighted by Gasteiger charge is 2.27. The van der Waals surface area contributed by atoms with E-state index in [2.05, 4.69) is 5.32 Å². The van der Waals surface area contributed by atoms with Gasteiger partial charge >= 0.3 is 12.0 Å². The first-order chi connectivity index (χ1) is 14.1. The van der Waals surface area contributed by atoms with Gasteiger partial charge in [0.2, 0.25) is 0 Å². The third-order valence-electron chi connectivity index (χ3n) is 4.97. The molecule has 154 valence electrons. The van der Waals surface area contributed by atoms with Crippen LogP contribution in [0.15, 0.2) is 48.5 Å². The lowest BCUT2D eigenvalue weighted by Gasteiger charge is -2.30. The molecule has 29 heavy (non-hydrogen) atoms. The predicted molar refractivity (Wildman–Crippen MR) is 108 cm³/mol. The number of carboxylic acid groups (broad SMARTS) is 1. The minimum absolute atomic E-state index is 0.247. The molecular formula is C22H26N2O5. The second-order valence-electron chi connectivity index (χ2n) is 7.04. The maximum atomic E-state index is 12.4. The Hall–Kier alpha value is -3.22. The summed E-state index contributed by atoms with van der Waals surface area (Å²) in [7, 11) is 1.58. The van der Waals surface area contributed by atoms with Gasteiger partial charge in [-0.1, -0.05) is 36.4 Å². The van der Waals surface area contributed by atoms with Crippen LogP contribution in [0.4, 0.5) is 4.79 Å². The summed E-state index contributed by atoms with van der Waals surface area (Å²) in [6.07, 6.45) is 1.31. The summed E-state index contributed by atoms with van der Waals surface area (Å²) in [5.41, 5.74) is 1.93. The number of nitrogens with zero attached hydrogens (tertiary/aromatic N) is 1. The van der Waals surface area contributed by atoms with E-state index in [0.29, 0.717) is 44.0 Å². The van der Waals surface area contributed by atoms with Crippen molar-refractivity contribution in [2.45, 2.75) is 26.0 Å². The fraction of sp³-hybridized carbons (Fsp3) is 0.364. The van der Waals surface area contributed by atoms with Gasteiger partial charge in [0.1, 0.15) is 6.61 Å². The molecule has 1 atom stereocenters. The van der Waals surface area contributed by atoms with Crippen LogP contribution in [-0.2, 0) is 17.9 Å². The minimum Gasteiger partial charge on any atom is -0.493 e. The molecule has 7 heteroatoms. The maximum Gasteiger partial charge on any atom is 0.317 e. The number of piperidine rings is 1. The van der Waals surface area contributed by atoms with E-state index in [1.165, 1.54) is 0 Å². The number of carbonyl (C=O) groups excluding carboxylic acids is 1. The van der Waals surface area contributed by atoms with Crippen LogP contribution in [0.3, 0.4) is 0 Å². The normalized spacial score (nSPS) is 16.2. The molecule has 0 spiro atoms. The van der Waals surface area contributed by atoms with Crippen LogP contribution in [0.2, 0.25) is 0 Å². The van der Waals surface area contributed by atoms with E-state index in [1.807, 2.05) is 48.5 Å². The van der Waals surface area contributed by atoms with Crippen molar-refractivity contribution in [1.82, 2.24) is 10.2 Å². The van der Waals surface area contributed by atoms with Crippen LogP contribution in [-0.4, -0.2) is 42.2 Å². The fourth-order valence-corrected chi connectivity index (χ4v) is 3.33. The lowest BCUT2D eigenvalue weighted by Crippen LogP contribution is -2.46. The molecule has 0 bridgehead atoms. The van der Waals surface area contributed by atoms with E-state index in [9.17, 15) is 9.59 Å². The Balaban J connectivity index is 1.55. The molecule has 1 fully saturated rings. The summed E-state index contributed by atoms with van der Waals surface area (Å²) in [4.78, 5) is 25.1. The first kappa shape index (κ1) is 20.5. The SMILES string of the molecule is COc1cc(CNC(=O)N2CCCC(C(=O)O)C2)ccc1OCc1ccccc1. The molecule has 0 aromatic heterocycles. The van der Waals surface area contributed by atoms with Crippen molar-refractivity contribution in [2.75, 3.05) is 20.2 Å². The zero-order valence-electron chi connectivity index (χ0n) is 16.5. The average molecular weight is 398 g/mol. The van der Waals surface area contributed by atoms with Crippen molar-refractivity contribution >= 4 is 12.0 Å². The van der Waals surface area contributed by atoms with Crippen LogP contribution < -0.4 is 14.8 Å². The summed E-state index contributed by atoms with van der Waals surface area (Å²) < 4.78 is 11.3. The van der Waals surface area contributed by atoms with Crippen LogP contribution in [0.25, 0.3) is 0 Å². The number of benzene rings is 2. The number of nitrogens with one attached hydrogen (secondary N) is 1. The predicted octanol–water partition coefficient (Wildman–Crippen LogP) is 3.28. The Morgan fingerprint density at radius 1 is 1.14 bits per heavy atom. The van der Waals surface area contributed by atoms with Gasteiger partial charge in [0.25, 0.3) is 0 Å². The van der Waals surface area contributed by atoms with Gasteiger partial charge in [-0.15, -0.1) is 0 Å². The number of carbonyl (C=O) groups is 2. The monoisotopic (exact) mass is 398 g/mol. The Labute approximate surface area is 170 Å². The van der Waals surface area contributed by atoms with Crippen molar-refractivity contribution < 1.29 is 24.2 Å². The van der Waals surface area contributed by atoms with E-state index < -0.39 is 11.9 Å². The molecule has 2 amide bonds. The number of aliphatic carboxylic acids is 1. The fourth-order valence-electron chi connectivity index (χ4n) is 3.33. The molecule has 7 nitrogen and oxygen atoms in total. The molecule has 0 saturated carbocycles. The number of carboxylic acids is 1. The second-order valence-corrected chi connectivity index (χ2v) is 7.04. The zero-order valence-corrected chi connectivity index (χ0v) is 16.5. The number of amides is 2. The van der Waals surface area contributed by atoms with Gasteiger partial charge in [-0.2, -0.15) is 0 Å². The van der Waals surface area contributed by atoms with Crippen molar-refractivity contribution in [3.05, 3.63) is 59.7 Å². The molecule has 0 radical (unpaired) electrons. The largest absolute Gasteiger partial charge is 0.493 e. The summed E-state index contributed by atoms with van der Waals surface area (Å²) in [6.45, 7) is 1.58. The van der Waals surface area contributed by atoms with Crippen molar-refractivity contribution in [2.24, 2.45) is 5.92 Å². The van der Waals surface area contributed by atoms with Gasteiger partial charge < -0.3 is 24.8 Å². The number of likely N-dealkylation sites (tertiary alicyclic amines) is 1.